The molecule has 0 radical (unpaired) electrons. The second kappa shape index (κ2) is 6.43. The van der Waals surface area contributed by atoms with Crippen LogP contribution in [0.5, 0.6) is 5.88 Å². The van der Waals surface area contributed by atoms with E-state index in [1.54, 1.807) is 24.0 Å². The Morgan fingerprint density at radius 2 is 1.65 bits per heavy atom. The van der Waals surface area contributed by atoms with Gasteiger partial charge in [0.2, 0.25) is 11.6 Å². The smallest absolute Gasteiger partial charge is 0.333 e. The number of para-hydroxylation sites is 1. The first-order chi connectivity index (χ1) is 12.3. The van der Waals surface area contributed by atoms with Gasteiger partial charge in [0, 0.05) is 26.3 Å². The van der Waals surface area contributed by atoms with Gasteiger partial charge >= 0.3 is 5.69 Å². The van der Waals surface area contributed by atoms with E-state index in [1.165, 1.54) is 14.1 Å². The summed E-state index contributed by atoms with van der Waals surface area (Å²) in [5.41, 5.74) is -0.372. The highest BCUT2D eigenvalue weighted by Crippen LogP contribution is 2.28. The maximum absolute atomic E-state index is 12.6. The SMILES string of the molecule is CC1=C(N=Nc2c(O)n(C)c(=O)n(C)c2=O)C(=O)N(c2ccccc2)C1. The zero-order valence-corrected chi connectivity index (χ0v) is 14.5. The minimum absolute atomic E-state index is 0.101. The number of azo groups is 1. The second-order valence-corrected chi connectivity index (χ2v) is 5.93. The summed E-state index contributed by atoms with van der Waals surface area (Å²) in [6.45, 7) is 2.10. The molecule has 9 heteroatoms. The molecular weight excluding hydrogens is 338 g/mol. The monoisotopic (exact) mass is 355 g/mol. The molecule has 134 valence electrons. The van der Waals surface area contributed by atoms with Crippen molar-refractivity contribution in [3.05, 3.63) is 62.4 Å². The van der Waals surface area contributed by atoms with Crippen LogP contribution in [0.25, 0.3) is 0 Å². The van der Waals surface area contributed by atoms with E-state index < -0.39 is 22.8 Å². The van der Waals surface area contributed by atoms with Gasteiger partial charge in [0.1, 0.15) is 0 Å². The largest absolute Gasteiger partial charge is 0.493 e. The summed E-state index contributed by atoms with van der Waals surface area (Å²) < 4.78 is 1.69. The third-order valence-corrected chi connectivity index (χ3v) is 4.18. The molecule has 0 spiro atoms. The summed E-state index contributed by atoms with van der Waals surface area (Å²) in [7, 11) is 2.57. The lowest BCUT2D eigenvalue weighted by Crippen LogP contribution is -2.36. The van der Waals surface area contributed by atoms with Crippen LogP contribution in [0.4, 0.5) is 11.4 Å². The fourth-order valence-corrected chi connectivity index (χ4v) is 2.64. The lowest BCUT2D eigenvalue weighted by Gasteiger charge is -2.15. The number of benzene rings is 1. The van der Waals surface area contributed by atoms with E-state index in [0.29, 0.717) is 12.1 Å². The second-order valence-electron chi connectivity index (χ2n) is 5.93. The number of amides is 1. The predicted octanol–water partition coefficient (Wildman–Crippen LogP) is 1.19. The molecule has 1 aliphatic rings. The number of hydrogen-bond acceptors (Lipinski definition) is 6. The number of anilines is 1. The van der Waals surface area contributed by atoms with E-state index >= 15 is 0 Å². The summed E-state index contributed by atoms with van der Waals surface area (Å²) in [4.78, 5) is 38.0. The van der Waals surface area contributed by atoms with Crippen molar-refractivity contribution in [2.45, 2.75) is 6.92 Å². The molecule has 1 N–H and O–H groups in total. The Balaban J connectivity index is 1.98. The average molecular weight is 355 g/mol. The van der Waals surface area contributed by atoms with Crippen LogP contribution in [0.1, 0.15) is 6.92 Å². The van der Waals surface area contributed by atoms with Gasteiger partial charge in [0.25, 0.3) is 11.5 Å². The number of hydrogen-bond donors (Lipinski definition) is 1. The summed E-state index contributed by atoms with van der Waals surface area (Å²) in [6, 6.07) is 9.11. The predicted molar refractivity (Wildman–Crippen MR) is 94.6 cm³/mol. The maximum Gasteiger partial charge on any atom is 0.333 e. The number of rotatable bonds is 3. The number of nitrogens with zero attached hydrogens (tertiary/aromatic N) is 5. The molecule has 0 fully saturated rings. The van der Waals surface area contributed by atoms with Gasteiger partial charge in [0.05, 0.1) is 0 Å². The first-order valence-corrected chi connectivity index (χ1v) is 7.80. The fourth-order valence-electron chi connectivity index (χ4n) is 2.64. The van der Waals surface area contributed by atoms with Crippen molar-refractivity contribution in [1.82, 2.24) is 9.13 Å². The molecule has 2 heterocycles. The summed E-state index contributed by atoms with van der Waals surface area (Å²) >= 11 is 0. The van der Waals surface area contributed by atoms with Gasteiger partial charge in [0.15, 0.2) is 5.70 Å². The minimum atomic E-state index is -0.794. The van der Waals surface area contributed by atoms with Crippen molar-refractivity contribution in [2.75, 3.05) is 11.4 Å². The quantitative estimate of drug-likeness (QED) is 0.834. The van der Waals surface area contributed by atoms with Crippen LogP contribution in [-0.2, 0) is 18.9 Å². The lowest BCUT2D eigenvalue weighted by atomic mass is 10.3. The van der Waals surface area contributed by atoms with Crippen LogP contribution >= 0.6 is 0 Å². The molecule has 0 saturated heterocycles. The highest BCUT2D eigenvalue weighted by atomic mass is 16.3. The highest BCUT2D eigenvalue weighted by molar-refractivity contribution is 6.08. The number of aromatic hydroxyl groups is 1. The molecule has 0 unspecified atom stereocenters. The van der Waals surface area contributed by atoms with Gasteiger partial charge in [-0.3, -0.25) is 18.7 Å². The Bertz CT molecular complexity index is 1060. The lowest BCUT2D eigenvalue weighted by molar-refractivity contribution is -0.114. The number of carbonyl (C=O) groups excluding carboxylic acids is 1. The molecule has 1 aromatic carbocycles. The van der Waals surface area contributed by atoms with Gasteiger partial charge in [-0.05, 0) is 24.6 Å². The Kier molecular flexibility index (Phi) is 4.29. The average Bonchev–Trinajstić information content (AvgIpc) is 2.93. The Hall–Kier alpha value is -3.49. The molecule has 9 nitrogen and oxygen atoms in total. The topological polar surface area (TPSA) is 109 Å². The van der Waals surface area contributed by atoms with Crippen molar-refractivity contribution >= 4 is 17.3 Å². The van der Waals surface area contributed by atoms with Gasteiger partial charge < -0.3 is 10.0 Å². The summed E-state index contributed by atoms with van der Waals surface area (Å²) in [5.74, 6) is -0.955. The molecule has 0 atom stereocenters. The van der Waals surface area contributed by atoms with Crippen LogP contribution < -0.4 is 16.1 Å². The van der Waals surface area contributed by atoms with E-state index in [0.717, 1.165) is 14.8 Å². The van der Waals surface area contributed by atoms with Crippen molar-refractivity contribution in [3.63, 3.8) is 0 Å². The van der Waals surface area contributed by atoms with Gasteiger partial charge in [-0.25, -0.2) is 4.79 Å². The maximum atomic E-state index is 12.6. The zero-order chi connectivity index (χ0) is 19.0. The van der Waals surface area contributed by atoms with Gasteiger partial charge in [-0.2, -0.15) is 0 Å². The van der Waals surface area contributed by atoms with E-state index in [-0.39, 0.29) is 11.6 Å². The van der Waals surface area contributed by atoms with Crippen molar-refractivity contribution in [1.29, 1.82) is 0 Å². The zero-order valence-electron chi connectivity index (χ0n) is 14.5. The molecule has 26 heavy (non-hydrogen) atoms. The van der Waals surface area contributed by atoms with Crippen LogP contribution in [0.3, 0.4) is 0 Å². The molecular formula is C17H17N5O4. The molecule has 0 aliphatic carbocycles. The normalized spacial score (nSPS) is 14.7. The van der Waals surface area contributed by atoms with Crippen LogP contribution in [0.2, 0.25) is 0 Å². The molecule has 2 aromatic rings. The number of aromatic nitrogens is 2. The minimum Gasteiger partial charge on any atom is -0.493 e. The molecule has 0 saturated carbocycles. The van der Waals surface area contributed by atoms with Crippen LogP contribution in [0, 0.1) is 0 Å². The van der Waals surface area contributed by atoms with Gasteiger partial charge in [-0.15, -0.1) is 10.2 Å². The molecule has 3 rings (SSSR count). The Labute approximate surface area is 148 Å². The molecule has 0 bridgehead atoms. The van der Waals surface area contributed by atoms with E-state index in [2.05, 4.69) is 10.2 Å². The van der Waals surface area contributed by atoms with E-state index in [9.17, 15) is 19.5 Å². The van der Waals surface area contributed by atoms with Crippen molar-refractivity contribution in [3.8, 4) is 5.88 Å². The first kappa shape index (κ1) is 17.3. The molecule has 1 aromatic heterocycles. The highest BCUT2D eigenvalue weighted by Gasteiger charge is 2.29. The first-order valence-electron chi connectivity index (χ1n) is 7.80. The van der Waals surface area contributed by atoms with Crippen molar-refractivity contribution < 1.29 is 9.90 Å². The molecule has 1 amide bonds. The van der Waals surface area contributed by atoms with Crippen LogP contribution in [-0.4, -0.2) is 26.7 Å². The third-order valence-electron chi connectivity index (χ3n) is 4.18. The summed E-state index contributed by atoms with van der Waals surface area (Å²) in [5, 5.41) is 17.6. The summed E-state index contributed by atoms with van der Waals surface area (Å²) in [6.07, 6.45) is 0. The van der Waals surface area contributed by atoms with E-state index in [4.69, 9.17) is 0 Å². The Morgan fingerprint density at radius 3 is 2.31 bits per heavy atom. The fraction of sp³-hybridized carbons (Fsp3) is 0.235. The molecule has 1 aliphatic heterocycles. The van der Waals surface area contributed by atoms with Crippen LogP contribution in [0.15, 0.2) is 61.4 Å². The van der Waals surface area contributed by atoms with E-state index in [1.807, 2.05) is 18.2 Å². The van der Waals surface area contributed by atoms with Crippen molar-refractivity contribution in [2.24, 2.45) is 24.3 Å². The number of carbonyl (C=O) groups is 1. The van der Waals surface area contributed by atoms with Gasteiger partial charge in [-0.1, -0.05) is 18.2 Å². The standard InChI is InChI=1S/C17H17N5O4/c1-10-9-22(11-7-5-4-6-8-11)16(25)12(10)18-19-13-14(23)20(2)17(26)21(3)15(13)24/h4-8,23H,9H2,1-3H3. The Morgan fingerprint density at radius 1 is 1.00 bits per heavy atom. The third kappa shape index (κ3) is 2.73.